The molecule has 3 nitrogen and oxygen atoms in total. The Kier molecular flexibility index (Phi) is 4.55. The van der Waals surface area contributed by atoms with Gasteiger partial charge in [-0.25, -0.2) is 9.18 Å². The minimum absolute atomic E-state index is 0.0773. The Balaban J connectivity index is 3.03. The van der Waals surface area contributed by atoms with Crippen molar-refractivity contribution in [2.45, 2.75) is 13.1 Å². The maximum Gasteiger partial charge on any atom is 0.345 e. The number of alkyl halides is 1. The first-order valence-corrected chi connectivity index (χ1v) is 5.12. The van der Waals surface area contributed by atoms with Crippen molar-refractivity contribution < 1.29 is 18.7 Å². The van der Waals surface area contributed by atoms with Crippen molar-refractivity contribution in [1.82, 2.24) is 0 Å². The molecule has 0 saturated heterocycles. The number of hydrogen-bond acceptors (Lipinski definition) is 3. The Morgan fingerprint density at radius 2 is 2.25 bits per heavy atom. The van der Waals surface area contributed by atoms with Crippen LogP contribution >= 0.6 is 11.6 Å². The number of methoxy groups -OCH3 is 1. The van der Waals surface area contributed by atoms with E-state index in [1.54, 1.807) is 19.1 Å². The lowest BCUT2D eigenvalue weighted by Gasteiger charge is -2.12. The van der Waals surface area contributed by atoms with Gasteiger partial charge in [-0.2, -0.15) is 0 Å². The normalized spacial score (nSPS) is 12.0. The second-order valence-corrected chi connectivity index (χ2v) is 3.38. The molecule has 0 aliphatic rings. The molecule has 0 heterocycles. The zero-order valence-electron chi connectivity index (χ0n) is 9.00. The van der Waals surface area contributed by atoms with E-state index in [4.69, 9.17) is 16.3 Å². The molecule has 1 atom stereocenters. The SMILES string of the molecule is CCOC(=O)C(F)c1cccc(Cl)c1OC. The summed E-state index contributed by atoms with van der Waals surface area (Å²) in [5.41, 5.74) is 0.0773. The van der Waals surface area contributed by atoms with Crippen molar-refractivity contribution in [2.75, 3.05) is 13.7 Å². The smallest absolute Gasteiger partial charge is 0.345 e. The van der Waals surface area contributed by atoms with E-state index in [0.29, 0.717) is 0 Å². The predicted octanol–water partition coefficient (Wildman–Crippen LogP) is 2.92. The number of esters is 1. The minimum Gasteiger partial charge on any atom is -0.495 e. The van der Waals surface area contributed by atoms with Crippen LogP contribution in [0.5, 0.6) is 5.75 Å². The standard InChI is InChI=1S/C11H12ClFO3/c1-3-16-11(14)9(13)7-5-4-6-8(12)10(7)15-2/h4-6,9H,3H2,1-2H3. The van der Waals surface area contributed by atoms with Crippen LogP contribution in [0.2, 0.25) is 5.02 Å². The van der Waals surface area contributed by atoms with E-state index < -0.39 is 12.1 Å². The van der Waals surface area contributed by atoms with Crippen molar-refractivity contribution in [2.24, 2.45) is 0 Å². The van der Waals surface area contributed by atoms with Crippen molar-refractivity contribution in [3.05, 3.63) is 28.8 Å². The minimum atomic E-state index is -1.88. The van der Waals surface area contributed by atoms with Gasteiger partial charge in [-0.05, 0) is 13.0 Å². The third-order valence-corrected chi connectivity index (χ3v) is 2.27. The van der Waals surface area contributed by atoms with Gasteiger partial charge in [-0.3, -0.25) is 0 Å². The molecule has 16 heavy (non-hydrogen) atoms. The number of rotatable bonds is 4. The number of hydrogen-bond donors (Lipinski definition) is 0. The lowest BCUT2D eigenvalue weighted by Crippen LogP contribution is -2.12. The first-order valence-electron chi connectivity index (χ1n) is 4.74. The lowest BCUT2D eigenvalue weighted by molar-refractivity contribution is -0.149. The molecule has 0 aliphatic heterocycles. The number of benzene rings is 1. The summed E-state index contributed by atoms with van der Waals surface area (Å²) in [4.78, 5) is 11.2. The molecule has 5 heteroatoms. The van der Waals surface area contributed by atoms with Gasteiger partial charge in [0, 0.05) is 5.56 Å². The Morgan fingerprint density at radius 1 is 1.56 bits per heavy atom. The number of halogens is 2. The number of ether oxygens (including phenoxy) is 2. The van der Waals surface area contributed by atoms with Gasteiger partial charge in [0.15, 0.2) is 0 Å². The average molecular weight is 247 g/mol. The van der Waals surface area contributed by atoms with E-state index in [2.05, 4.69) is 4.74 Å². The zero-order chi connectivity index (χ0) is 12.1. The van der Waals surface area contributed by atoms with Crippen LogP contribution in [0.4, 0.5) is 4.39 Å². The third kappa shape index (κ3) is 2.64. The van der Waals surface area contributed by atoms with Crippen LogP contribution < -0.4 is 4.74 Å². The summed E-state index contributed by atoms with van der Waals surface area (Å²) in [5.74, 6) is -0.784. The highest BCUT2D eigenvalue weighted by Gasteiger charge is 2.25. The van der Waals surface area contributed by atoms with E-state index in [1.807, 2.05) is 0 Å². The van der Waals surface area contributed by atoms with Gasteiger partial charge in [-0.15, -0.1) is 0 Å². The quantitative estimate of drug-likeness (QED) is 0.767. The van der Waals surface area contributed by atoms with Crippen LogP contribution in [0, 0.1) is 0 Å². The van der Waals surface area contributed by atoms with Crippen LogP contribution in [-0.2, 0) is 9.53 Å². The van der Waals surface area contributed by atoms with E-state index >= 15 is 0 Å². The highest BCUT2D eigenvalue weighted by atomic mass is 35.5. The van der Waals surface area contributed by atoms with Crippen molar-refractivity contribution in [1.29, 1.82) is 0 Å². The van der Waals surface area contributed by atoms with Crippen LogP contribution in [0.1, 0.15) is 18.7 Å². The van der Waals surface area contributed by atoms with Gasteiger partial charge in [0.05, 0.1) is 18.7 Å². The maximum absolute atomic E-state index is 13.7. The molecule has 0 N–H and O–H groups in total. The van der Waals surface area contributed by atoms with Crippen LogP contribution in [-0.4, -0.2) is 19.7 Å². The lowest BCUT2D eigenvalue weighted by atomic mass is 10.1. The number of carbonyl (C=O) groups excluding carboxylic acids is 1. The van der Waals surface area contributed by atoms with Crippen LogP contribution in [0.25, 0.3) is 0 Å². The summed E-state index contributed by atoms with van der Waals surface area (Å²) >= 11 is 5.81. The molecule has 0 radical (unpaired) electrons. The van der Waals surface area contributed by atoms with Crippen LogP contribution in [0.3, 0.4) is 0 Å². The summed E-state index contributed by atoms with van der Waals surface area (Å²) in [6.07, 6.45) is -1.88. The molecule has 0 bridgehead atoms. The van der Waals surface area contributed by atoms with Gasteiger partial charge in [0.2, 0.25) is 6.17 Å². The number of para-hydroxylation sites is 1. The first-order chi connectivity index (χ1) is 7.61. The van der Waals surface area contributed by atoms with Gasteiger partial charge < -0.3 is 9.47 Å². The molecule has 0 spiro atoms. The molecule has 0 aliphatic carbocycles. The summed E-state index contributed by atoms with van der Waals surface area (Å²) in [7, 11) is 1.36. The monoisotopic (exact) mass is 246 g/mol. The second kappa shape index (κ2) is 5.70. The largest absolute Gasteiger partial charge is 0.495 e. The summed E-state index contributed by atoms with van der Waals surface area (Å²) in [6, 6.07) is 4.54. The summed E-state index contributed by atoms with van der Waals surface area (Å²) in [5, 5.41) is 0.256. The summed E-state index contributed by atoms with van der Waals surface area (Å²) < 4.78 is 23.3. The fraction of sp³-hybridized carbons (Fsp3) is 0.364. The molecule has 1 aromatic rings. The third-order valence-electron chi connectivity index (χ3n) is 1.97. The van der Waals surface area contributed by atoms with Gasteiger partial charge in [0.25, 0.3) is 0 Å². The molecule has 1 rings (SSSR count). The van der Waals surface area contributed by atoms with Crippen molar-refractivity contribution in [3.63, 3.8) is 0 Å². The van der Waals surface area contributed by atoms with E-state index in [1.165, 1.54) is 13.2 Å². The van der Waals surface area contributed by atoms with Gasteiger partial charge in [-0.1, -0.05) is 23.7 Å². The van der Waals surface area contributed by atoms with Gasteiger partial charge >= 0.3 is 5.97 Å². The molecule has 1 aromatic carbocycles. The molecule has 1 unspecified atom stereocenters. The molecular weight excluding hydrogens is 235 g/mol. The molecule has 0 saturated carbocycles. The van der Waals surface area contributed by atoms with E-state index in [0.717, 1.165) is 0 Å². The highest BCUT2D eigenvalue weighted by molar-refractivity contribution is 6.32. The molecule has 88 valence electrons. The zero-order valence-corrected chi connectivity index (χ0v) is 9.75. The van der Waals surface area contributed by atoms with Crippen molar-refractivity contribution >= 4 is 17.6 Å². The second-order valence-electron chi connectivity index (χ2n) is 2.98. The molecule has 0 amide bonds. The molecule has 0 aromatic heterocycles. The molecule has 0 fully saturated rings. The fourth-order valence-electron chi connectivity index (χ4n) is 1.28. The Morgan fingerprint density at radius 3 is 2.81 bits per heavy atom. The maximum atomic E-state index is 13.7. The van der Waals surface area contributed by atoms with Crippen molar-refractivity contribution in [3.8, 4) is 5.75 Å². The van der Waals surface area contributed by atoms with Crippen LogP contribution in [0.15, 0.2) is 18.2 Å². The summed E-state index contributed by atoms with van der Waals surface area (Å²) in [6.45, 7) is 1.74. The predicted molar refractivity (Wildman–Crippen MR) is 58.5 cm³/mol. The Hall–Kier alpha value is -1.29. The first kappa shape index (κ1) is 12.8. The van der Waals surface area contributed by atoms with E-state index in [9.17, 15) is 9.18 Å². The Labute approximate surface area is 98.1 Å². The molecular formula is C11H12ClFO3. The van der Waals surface area contributed by atoms with Gasteiger partial charge in [0.1, 0.15) is 5.75 Å². The number of carbonyl (C=O) groups is 1. The topological polar surface area (TPSA) is 35.5 Å². The van der Waals surface area contributed by atoms with E-state index in [-0.39, 0.29) is 22.9 Å². The highest BCUT2D eigenvalue weighted by Crippen LogP contribution is 2.34. The Bertz CT molecular complexity index is 381. The fourth-order valence-corrected chi connectivity index (χ4v) is 1.54. The average Bonchev–Trinajstić information content (AvgIpc) is 2.28.